The molecule has 29 heavy (non-hydrogen) atoms. The fourth-order valence-corrected chi connectivity index (χ4v) is 4.77. The molecular formula is C21H22N4O2S2. The second-order valence-electron chi connectivity index (χ2n) is 7.03. The third-order valence-electron chi connectivity index (χ3n) is 4.94. The van der Waals surface area contributed by atoms with Crippen LogP contribution in [0.2, 0.25) is 0 Å². The summed E-state index contributed by atoms with van der Waals surface area (Å²) in [6.45, 7) is 2.37. The van der Waals surface area contributed by atoms with E-state index in [1.165, 1.54) is 22.7 Å². The number of rotatable bonds is 5. The molecule has 1 aromatic carbocycles. The van der Waals surface area contributed by atoms with Crippen LogP contribution in [0.1, 0.15) is 27.0 Å². The molecule has 3 aromatic rings. The highest BCUT2D eigenvalue weighted by Crippen LogP contribution is 2.26. The molecule has 1 atom stereocenters. The van der Waals surface area contributed by atoms with Crippen molar-refractivity contribution in [2.75, 3.05) is 32.0 Å². The highest BCUT2D eigenvalue weighted by Gasteiger charge is 2.30. The number of benzene rings is 1. The molecule has 1 aliphatic rings. The Morgan fingerprint density at radius 2 is 1.97 bits per heavy atom. The van der Waals surface area contributed by atoms with E-state index in [9.17, 15) is 9.59 Å². The molecule has 2 aromatic heterocycles. The Morgan fingerprint density at radius 3 is 2.72 bits per heavy atom. The van der Waals surface area contributed by atoms with Gasteiger partial charge in [-0.25, -0.2) is 4.98 Å². The van der Waals surface area contributed by atoms with Crippen molar-refractivity contribution in [3.63, 3.8) is 0 Å². The molecule has 2 amide bonds. The van der Waals surface area contributed by atoms with Crippen LogP contribution in [0.4, 0.5) is 5.13 Å². The minimum Gasteiger partial charge on any atom is -0.333 e. The molecule has 8 heteroatoms. The van der Waals surface area contributed by atoms with E-state index in [4.69, 9.17) is 0 Å². The number of nitrogens with one attached hydrogen (secondary N) is 1. The van der Waals surface area contributed by atoms with E-state index >= 15 is 0 Å². The van der Waals surface area contributed by atoms with Gasteiger partial charge in [0.15, 0.2) is 5.13 Å². The van der Waals surface area contributed by atoms with Crippen molar-refractivity contribution in [2.24, 2.45) is 0 Å². The van der Waals surface area contributed by atoms with Crippen LogP contribution in [0.15, 0.2) is 53.2 Å². The van der Waals surface area contributed by atoms with Crippen LogP contribution in [0, 0.1) is 0 Å². The van der Waals surface area contributed by atoms with E-state index in [1.54, 1.807) is 6.07 Å². The van der Waals surface area contributed by atoms with E-state index in [0.29, 0.717) is 22.2 Å². The predicted octanol–water partition coefficient (Wildman–Crippen LogP) is 3.51. The number of anilines is 1. The first-order valence-corrected chi connectivity index (χ1v) is 11.2. The molecule has 0 radical (unpaired) electrons. The van der Waals surface area contributed by atoms with Crippen LogP contribution in [0.5, 0.6) is 0 Å². The van der Waals surface area contributed by atoms with E-state index in [0.717, 1.165) is 18.7 Å². The summed E-state index contributed by atoms with van der Waals surface area (Å²) in [5.74, 6) is -0.108. The molecule has 1 unspecified atom stereocenters. The van der Waals surface area contributed by atoms with Gasteiger partial charge in [0.1, 0.15) is 0 Å². The van der Waals surface area contributed by atoms with Gasteiger partial charge in [-0.3, -0.25) is 14.9 Å². The number of hydrogen-bond acceptors (Lipinski definition) is 6. The Kier molecular flexibility index (Phi) is 6.03. The van der Waals surface area contributed by atoms with Crippen molar-refractivity contribution in [1.29, 1.82) is 0 Å². The molecule has 1 aliphatic heterocycles. The second kappa shape index (κ2) is 8.86. The Morgan fingerprint density at radius 1 is 1.14 bits per heavy atom. The third kappa shape index (κ3) is 4.72. The Bertz CT molecular complexity index is 972. The normalized spacial score (nSPS) is 17.3. The fourth-order valence-electron chi connectivity index (χ4n) is 3.45. The number of carbonyl (C=O) groups is 2. The molecule has 3 heterocycles. The standard InChI is InChI=1S/C21H22N4O2S2/c1-24-9-10-25(17(13-24)15-6-3-2-4-7-15)19(26)12-16-14-29-21(22-16)23-20(27)18-8-5-11-28-18/h2-8,11,14,17H,9-10,12-13H2,1H3,(H,22,23,27). The molecule has 0 spiro atoms. The number of nitrogens with zero attached hydrogens (tertiary/aromatic N) is 3. The van der Waals surface area contributed by atoms with Gasteiger partial charge in [-0.15, -0.1) is 22.7 Å². The number of aromatic nitrogens is 1. The summed E-state index contributed by atoms with van der Waals surface area (Å²) in [5, 5.41) is 7.03. The molecular weight excluding hydrogens is 404 g/mol. The van der Waals surface area contributed by atoms with E-state index in [1.807, 2.05) is 39.9 Å². The zero-order valence-electron chi connectivity index (χ0n) is 16.1. The lowest BCUT2D eigenvalue weighted by Gasteiger charge is -2.40. The van der Waals surface area contributed by atoms with Crippen molar-refractivity contribution in [3.05, 3.63) is 69.4 Å². The Labute approximate surface area is 177 Å². The molecule has 1 N–H and O–H groups in total. The lowest BCUT2D eigenvalue weighted by Crippen LogP contribution is -2.49. The Balaban J connectivity index is 1.43. The van der Waals surface area contributed by atoms with Crippen LogP contribution in [-0.2, 0) is 11.2 Å². The maximum Gasteiger partial charge on any atom is 0.267 e. The zero-order chi connectivity index (χ0) is 20.2. The summed E-state index contributed by atoms with van der Waals surface area (Å²) in [6, 6.07) is 13.8. The lowest BCUT2D eigenvalue weighted by atomic mass is 10.0. The maximum atomic E-state index is 13.1. The largest absolute Gasteiger partial charge is 0.333 e. The predicted molar refractivity (Wildman–Crippen MR) is 116 cm³/mol. The fraction of sp³-hybridized carbons (Fsp3) is 0.286. The average Bonchev–Trinajstić information content (AvgIpc) is 3.41. The van der Waals surface area contributed by atoms with Gasteiger partial charge in [0, 0.05) is 25.0 Å². The average molecular weight is 427 g/mol. The zero-order valence-corrected chi connectivity index (χ0v) is 17.7. The minimum absolute atomic E-state index is 0.0408. The highest BCUT2D eigenvalue weighted by molar-refractivity contribution is 7.14. The van der Waals surface area contributed by atoms with Crippen molar-refractivity contribution in [2.45, 2.75) is 12.5 Å². The van der Waals surface area contributed by atoms with Gasteiger partial charge in [0.05, 0.1) is 23.0 Å². The first-order valence-electron chi connectivity index (χ1n) is 9.42. The van der Waals surface area contributed by atoms with Crippen LogP contribution in [-0.4, -0.2) is 53.3 Å². The molecule has 0 bridgehead atoms. The van der Waals surface area contributed by atoms with Gasteiger partial charge in [-0.1, -0.05) is 36.4 Å². The lowest BCUT2D eigenvalue weighted by molar-refractivity contribution is -0.135. The second-order valence-corrected chi connectivity index (χ2v) is 8.83. The molecule has 1 saturated heterocycles. The molecule has 0 aliphatic carbocycles. The number of piperazine rings is 1. The number of thiophene rings is 1. The molecule has 6 nitrogen and oxygen atoms in total. The van der Waals surface area contributed by atoms with Crippen molar-refractivity contribution in [3.8, 4) is 0 Å². The monoisotopic (exact) mass is 426 g/mol. The van der Waals surface area contributed by atoms with Crippen molar-refractivity contribution >= 4 is 39.6 Å². The van der Waals surface area contributed by atoms with E-state index in [2.05, 4.69) is 34.4 Å². The molecule has 0 saturated carbocycles. The number of hydrogen-bond donors (Lipinski definition) is 1. The Hall–Kier alpha value is -2.55. The third-order valence-corrected chi connectivity index (χ3v) is 6.61. The van der Waals surface area contributed by atoms with Gasteiger partial charge in [-0.05, 0) is 24.1 Å². The van der Waals surface area contributed by atoms with E-state index < -0.39 is 0 Å². The highest BCUT2D eigenvalue weighted by atomic mass is 32.1. The van der Waals surface area contributed by atoms with E-state index in [-0.39, 0.29) is 24.3 Å². The quantitative estimate of drug-likeness (QED) is 0.678. The summed E-state index contributed by atoms with van der Waals surface area (Å²) < 4.78 is 0. The smallest absolute Gasteiger partial charge is 0.267 e. The summed E-state index contributed by atoms with van der Waals surface area (Å²) in [6.07, 6.45) is 0.235. The SMILES string of the molecule is CN1CCN(C(=O)Cc2csc(NC(=O)c3cccs3)n2)C(c2ccccc2)C1. The summed E-state index contributed by atoms with van der Waals surface area (Å²) >= 11 is 2.73. The van der Waals surface area contributed by atoms with Gasteiger partial charge >= 0.3 is 0 Å². The number of carbonyl (C=O) groups excluding carboxylic acids is 2. The molecule has 4 rings (SSSR count). The topological polar surface area (TPSA) is 65.5 Å². The van der Waals surface area contributed by atoms with Crippen LogP contribution in [0.3, 0.4) is 0 Å². The summed E-state index contributed by atoms with van der Waals surface area (Å²) in [5.41, 5.74) is 1.83. The van der Waals surface area contributed by atoms with Crippen molar-refractivity contribution in [1.82, 2.24) is 14.8 Å². The molecule has 1 fully saturated rings. The van der Waals surface area contributed by atoms with Gasteiger partial charge in [-0.2, -0.15) is 0 Å². The van der Waals surface area contributed by atoms with Crippen LogP contribution in [0.25, 0.3) is 0 Å². The number of thiazole rings is 1. The van der Waals surface area contributed by atoms with Crippen LogP contribution < -0.4 is 5.32 Å². The van der Waals surface area contributed by atoms with Crippen LogP contribution >= 0.6 is 22.7 Å². The maximum absolute atomic E-state index is 13.1. The summed E-state index contributed by atoms with van der Waals surface area (Å²) in [7, 11) is 2.08. The first kappa shape index (κ1) is 19.8. The van der Waals surface area contributed by atoms with Crippen molar-refractivity contribution < 1.29 is 9.59 Å². The number of amides is 2. The summed E-state index contributed by atoms with van der Waals surface area (Å²) in [4.78, 5) is 34.5. The first-order chi connectivity index (χ1) is 14.1. The van der Waals surface area contributed by atoms with Gasteiger partial charge in [0.2, 0.25) is 5.91 Å². The minimum atomic E-state index is -0.171. The number of likely N-dealkylation sites (N-methyl/N-ethyl adjacent to an activating group) is 1. The van der Waals surface area contributed by atoms with Gasteiger partial charge < -0.3 is 9.80 Å². The molecule has 150 valence electrons. The van der Waals surface area contributed by atoms with Gasteiger partial charge in [0.25, 0.3) is 5.91 Å².